The number of amides is 1. The fraction of sp³-hybridized carbons (Fsp3) is 0.300. The summed E-state index contributed by atoms with van der Waals surface area (Å²) in [7, 11) is 0. The molecule has 2 rings (SSSR count). The lowest BCUT2D eigenvalue weighted by Gasteiger charge is -2.21. The summed E-state index contributed by atoms with van der Waals surface area (Å²) >= 11 is 5.65. The Labute approximate surface area is 97.9 Å². The largest absolute Gasteiger partial charge is 0.323 e. The zero-order chi connectivity index (χ0) is 11.6. The van der Waals surface area contributed by atoms with Crippen LogP contribution in [-0.4, -0.2) is 22.6 Å². The van der Waals surface area contributed by atoms with Crippen LogP contribution in [0.3, 0.4) is 0 Å². The molecule has 1 unspecified atom stereocenters. The van der Waals surface area contributed by atoms with Crippen LogP contribution in [0.15, 0.2) is 23.4 Å². The number of hydrogen-bond acceptors (Lipinski definition) is 4. The third kappa shape index (κ3) is 2.14. The van der Waals surface area contributed by atoms with Crippen molar-refractivity contribution >= 4 is 29.4 Å². The van der Waals surface area contributed by atoms with E-state index in [0.717, 1.165) is 0 Å². The van der Waals surface area contributed by atoms with E-state index < -0.39 is 5.54 Å². The number of nitrogens with one attached hydrogen (secondary N) is 2. The molecular formula is C10H11ClN4O. The topological polar surface area (TPSA) is 66.4 Å². The van der Waals surface area contributed by atoms with Crippen molar-refractivity contribution < 1.29 is 4.79 Å². The number of aromatic nitrogens is 1. The highest BCUT2D eigenvalue weighted by atomic mass is 35.5. The molecule has 0 fully saturated rings. The Bertz CT molecular complexity index is 421. The van der Waals surface area contributed by atoms with Crippen LogP contribution in [0.4, 0.5) is 5.69 Å². The van der Waals surface area contributed by atoms with Gasteiger partial charge in [-0.05, 0) is 19.1 Å². The van der Waals surface area contributed by atoms with Crippen molar-refractivity contribution in [3.8, 4) is 0 Å². The van der Waals surface area contributed by atoms with Gasteiger partial charge >= 0.3 is 0 Å². The Kier molecular flexibility index (Phi) is 2.78. The molecule has 84 valence electrons. The number of pyridine rings is 1. The second kappa shape index (κ2) is 4.09. The van der Waals surface area contributed by atoms with Gasteiger partial charge in [-0.2, -0.15) is 5.10 Å². The summed E-state index contributed by atoms with van der Waals surface area (Å²) in [5, 5.41) is 6.98. The first-order chi connectivity index (χ1) is 7.60. The van der Waals surface area contributed by atoms with Gasteiger partial charge in [-0.15, -0.1) is 0 Å². The van der Waals surface area contributed by atoms with E-state index in [2.05, 4.69) is 20.8 Å². The molecule has 6 heteroatoms. The first-order valence-electron chi connectivity index (χ1n) is 4.82. The number of carbonyl (C=O) groups is 1. The maximum Gasteiger partial charge on any atom is 0.251 e. The van der Waals surface area contributed by atoms with Crippen molar-refractivity contribution in [1.29, 1.82) is 0 Å². The molecule has 5 nitrogen and oxygen atoms in total. The van der Waals surface area contributed by atoms with Crippen molar-refractivity contribution in [3.63, 3.8) is 0 Å². The molecule has 0 saturated carbocycles. The fourth-order valence-electron chi connectivity index (χ4n) is 1.32. The average molecular weight is 239 g/mol. The van der Waals surface area contributed by atoms with Gasteiger partial charge in [0.1, 0.15) is 10.7 Å². The Morgan fingerprint density at radius 2 is 2.44 bits per heavy atom. The van der Waals surface area contributed by atoms with Gasteiger partial charge < -0.3 is 5.32 Å². The number of carbonyl (C=O) groups excluding carboxylic acids is 1. The number of anilines is 1. The highest BCUT2D eigenvalue weighted by Crippen LogP contribution is 2.17. The number of hydrogen-bond donors (Lipinski definition) is 2. The fourth-order valence-corrected chi connectivity index (χ4v) is 1.44. The SMILES string of the molecule is CC1(C(=O)Nc2ccc(Cl)nc2)CC=NN1. The van der Waals surface area contributed by atoms with Gasteiger partial charge in [-0.3, -0.25) is 10.2 Å². The van der Waals surface area contributed by atoms with Gasteiger partial charge in [0.05, 0.1) is 11.9 Å². The zero-order valence-corrected chi connectivity index (χ0v) is 9.45. The van der Waals surface area contributed by atoms with E-state index in [1.54, 1.807) is 25.3 Å². The maximum absolute atomic E-state index is 11.9. The quantitative estimate of drug-likeness (QED) is 0.766. The van der Waals surface area contributed by atoms with Crippen LogP contribution in [0.1, 0.15) is 13.3 Å². The molecule has 16 heavy (non-hydrogen) atoms. The monoisotopic (exact) mass is 238 g/mol. The summed E-state index contributed by atoms with van der Waals surface area (Å²) in [5.41, 5.74) is 2.71. The molecule has 0 saturated heterocycles. The van der Waals surface area contributed by atoms with Gasteiger partial charge in [-0.25, -0.2) is 4.98 Å². The van der Waals surface area contributed by atoms with E-state index in [4.69, 9.17) is 11.6 Å². The van der Waals surface area contributed by atoms with Crippen LogP contribution in [0.25, 0.3) is 0 Å². The van der Waals surface area contributed by atoms with Crippen LogP contribution in [0.2, 0.25) is 5.15 Å². The Hall–Kier alpha value is -1.62. The van der Waals surface area contributed by atoms with Crippen molar-refractivity contribution in [2.75, 3.05) is 5.32 Å². The van der Waals surface area contributed by atoms with E-state index in [1.807, 2.05) is 0 Å². The van der Waals surface area contributed by atoms with Crippen LogP contribution in [0, 0.1) is 0 Å². The second-order valence-corrected chi connectivity index (χ2v) is 4.17. The summed E-state index contributed by atoms with van der Waals surface area (Å²) in [4.78, 5) is 15.8. The molecule has 1 aromatic heterocycles. The molecule has 0 aromatic carbocycles. The van der Waals surface area contributed by atoms with Crippen molar-refractivity contribution in [3.05, 3.63) is 23.5 Å². The minimum absolute atomic E-state index is 0.144. The molecule has 0 bridgehead atoms. The Morgan fingerprint density at radius 1 is 1.62 bits per heavy atom. The molecule has 2 N–H and O–H groups in total. The van der Waals surface area contributed by atoms with E-state index >= 15 is 0 Å². The lowest BCUT2D eigenvalue weighted by molar-refractivity contribution is -0.121. The summed E-state index contributed by atoms with van der Waals surface area (Å²) < 4.78 is 0. The Morgan fingerprint density at radius 3 is 3.00 bits per heavy atom. The summed E-state index contributed by atoms with van der Waals surface area (Å²) in [6, 6.07) is 3.32. The van der Waals surface area contributed by atoms with Gasteiger partial charge in [0.2, 0.25) is 0 Å². The van der Waals surface area contributed by atoms with Gasteiger partial charge in [0.15, 0.2) is 0 Å². The standard InChI is InChI=1S/C10H11ClN4O/c1-10(4-5-13-15-10)9(16)14-7-2-3-8(11)12-6-7/h2-3,5-6,15H,4H2,1H3,(H,14,16). The van der Waals surface area contributed by atoms with Crippen molar-refractivity contribution in [2.45, 2.75) is 18.9 Å². The number of hydrazone groups is 1. The van der Waals surface area contributed by atoms with E-state index in [9.17, 15) is 4.79 Å². The van der Waals surface area contributed by atoms with Gasteiger partial charge in [0, 0.05) is 12.6 Å². The van der Waals surface area contributed by atoms with Gasteiger partial charge in [-0.1, -0.05) is 11.6 Å². The first kappa shape index (κ1) is 10.9. The summed E-state index contributed by atoms with van der Waals surface area (Å²) in [6.45, 7) is 1.79. The lowest BCUT2D eigenvalue weighted by Crippen LogP contribution is -2.47. The number of halogens is 1. The van der Waals surface area contributed by atoms with Crippen molar-refractivity contribution in [2.24, 2.45) is 5.10 Å². The molecule has 1 atom stereocenters. The second-order valence-electron chi connectivity index (χ2n) is 3.78. The number of nitrogens with zero attached hydrogens (tertiary/aromatic N) is 2. The molecule has 1 amide bonds. The normalized spacial score (nSPS) is 22.9. The van der Waals surface area contributed by atoms with Gasteiger partial charge in [0.25, 0.3) is 5.91 Å². The predicted molar refractivity (Wildman–Crippen MR) is 62.5 cm³/mol. The van der Waals surface area contributed by atoms with Crippen LogP contribution in [0.5, 0.6) is 0 Å². The molecule has 0 spiro atoms. The molecule has 0 aliphatic carbocycles. The van der Waals surface area contributed by atoms with E-state index in [1.165, 1.54) is 6.20 Å². The first-order valence-corrected chi connectivity index (χ1v) is 5.20. The Balaban J connectivity index is 2.05. The maximum atomic E-state index is 11.9. The number of rotatable bonds is 2. The summed E-state index contributed by atoms with van der Waals surface area (Å²) in [6.07, 6.45) is 3.76. The smallest absolute Gasteiger partial charge is 0.251 e. The van der Waals surface area contributed by atoms with Crippen molar-refractivity contribution in [1.82, 2.24) is 10.4 Å². The minimum Gasteiger partial charge on any atom is -0.323 e. The highest BCUT2D eigenvalue weighted by Gasteiger charge is 2.34. The third-order valence-electron chi connectivity index (χ3n) is 2.39. The highest BCUT2D eigenvalue weighted by molar-refractivity contribution is 6.29. The molecule has 0 radical (unpaired) electrons. The molecular weight excluding hydrogens is 228 g/mol. The predicted octanol–water partition coefficient (Wildman–Crippen LogP) is 1.41. The molecule has 2 heterocycles. The molecule has 1 aromatic rings. The third-order valence-corrected chi connectivity index (χ3v) is 2.61. The minimum atomic E-state index is -0.681. The molecule has 1 aliphatic heterocycles. The lowest BCUT2D eigenvalue weighted by atomic mass is 9.99. The van der Waals surface area contributed by atoms with E-state index in [-0.39, 0.29) is 5.91 Å². The van der Waals surface area contributed by atoms with Crippen LogP contribution in [-0.2, 0) is 4.79 Å². The van der Waals surface area contributed by atoms with Crippen LogP contribution >= 0.6 is 11.6 Å². The van der Waals surface area contributed by atoms with Crippen LogP contribution < -0.4 is 10.7 Å². The summed E-state index contributed by atoms with van der Waals surface area (Å²) in [5.74, 6) is -0.144. The zero-order valence-electron chi connectivity index (χ0n) is 8.70. The molecule has 1 aliphatic rings. The average Bonchev–Trinajstić information content (AvgIpc) is 2.70. The van der Waals surface area contributed by atoms with E-state index in [0.29, 0.717) is 17.3 Å².